The second-order valence-corrected chi connectivity index (χ2v) is 6.15. The van der Waals surface area contributed by atoms with E-state index in [0.29, 0.717) is 41.8 Å². The van der Waals surface area contributed by atoms with Crippen LogP contribution < -0.4 is 0 Å². The van der Waals surface area contributed by atoms with Gasteiger partial charge in [-0.15, -0.1) is 50.5 Å². The molecule has 0 heterocycles. The number of hydrogen-bond donors (Lipinski definition) is 4. The minimum Gasteiger partial charge on any atom is -0.192 e. The lowest BCUT2D eigenvalue weighted by Gasteiger charge is -1.99. The standard InChI is InChI=1S/2C8H4N2S2/c2*9-3-5-1-7(11)8(12)2-6(5)4-10/h2*1-2,11-12H. The molecule has 0 aliphatic carbocycles. The summed E-state index contributed by atoms with van der Waals surface area (Å²) >= 11 is 16.3. The number of rotatable bonds is 0. The van der Waals surface area contributed by atoms with E-state index < -0.39 is 0 Å². The first-order valence-electron chi connectivity index (χ1n) is 6.10. The molecule has 0 atom stereocenters. The average Bonchev–Trinajstić information content (AvgIpc) is 2.59. The van der Waals surface area contributed by atoms with Gasteiger partial charge in [0.25, 0.3) is 0 Å². The van der Waals surface area contributed by atoms with E-state index in [1.807, 2.05) is 24.3 Å². The van der Waals surface area contributed by atoms with Crippen molar-refractivity contribution in [3.63, 3.8) is 0 Å². The highest BCUT2D eigenvalue weighted by molar-refractivity contribution is 7.83. The lowest BCUT2D eigenvalue weighted by Crippen LogP contribution is -1.84. The average molecular weight is 385 g/mol. The predicted octanol–water partition coefficient (Wildman–Crippen LogP) is 4.01. The summed E-state index contributed by atoms with van der Waals surface area (Å²) < 4.78 is 0. The Kier molecular flexibility index (Phi) is 7.59. The third-order valence-corrected chi connectivity index (χ3v) is 4.54. The second-order valence-electron chi connectivity index (χ2n) is 4.22. The molecule has 0 spiro atoms. The summed E-state index contributed by atoms with van der Waals surface area (Å²) in [5.41, 5.74) is 1.33. The lowest BCUT2D eigenvalue weighted by molar-refractivity contribution is 1.23. The fourth-order valence-electron chi connectivity index (χ4n) is 1.52. The van der Waals surface area contributed by atoms with E-state index in [9.17, 15) is 0 Å². The van der Waals surface area contributed by atoms with Crippen molar-refractivity contribution in [1.29, 1.82) is 21.0 Å². The molecule has 4 nitrogen and oxygen atoms in total. The van der Waals surface area contributed by atoms with Crippen LogP contribution in [0, 0.1) is 45.3 Å². The summed E-state index contributed by atoms with van der Waals surface area (Å²) in [5.74, 6) is 0. The molecule has 0 amide bonds. The molecule has 0 N–H and O–H groups in total. The first-order chi connectivity index (χ1) is 11.4. The van der Waals surface area contributed by atoms with Crippen molar-refractivity contribution in [2.45, 2.75) is 19.6 Å². The molecule has 116 valence electrons. The van der Waals surface area contributed by atoms with Crippen LogP contribution in [0.2, 0.25) is 0 Å². The Morgan fingerprint density at radius 1 is 0.458 bits per heavy atom. The molecule has 2 aromatic rings. The van der Waals surface area contributed by atoms with Gasteiger partial charge >= 0.3 is 0 Å². The van der Waals surface area contributed by atoms with Crippen molar-refractivity contribution in [3.05, 3.63) is 46.5 Å². The summed E-state index contributed by atoms with van der Waals surface area (Å²) in [7, 11) is 0. The Morgan fingerprint density at radius 3 is 0.750 bits per heavy atom. The molecule has 0 aliphatic heterocycles. The molecule has 2 aromatic carbocycles. The van der Waals surface area contributed by atoms with Crippen molar-refractivity contribution < 1.29 is 0 Å². The molecule has 0 unspecified atom stereocenters. The Labute approximate surface area is 161 Å². The third-order valence-electron chi connectivity index (χ3n) is 2.71. The molecule has 2 rings (SSSR count). The van der Waals surface area contributed by atoms with E-state index in [0.717, 1.165) is 0 Å². The Morgan fingerprint density at radius 2 is 0.625 bits per heavy atom. The highest BCUT2D eigenvalue weighted by Crippen LogP contribution is 2.23. The summed E-state index contributed by atoms with van der Waals surface area (Å²) in [6.07, 6.45) is 0. The van der Waals surface area contributed by atoms with E-state index >= 15 is 0 Å². The van der Waals surface area contributed by atoms with Gasteiger partial charge in [0.15, 0.2) is 0 Å². The maximum atomic E-state index is 8.60. The van der Waals surface area contributed by atoms with Gasteiger partial charge in [0, 0.05) is 19.6 Å². The highest BCUT2D eigenvalue weighted by Gasteiger charge is 2.05. The molecule has 8 heteroatoms. The van der Waals surface area contributed by atoms with Gasteiger partial charge in [0.1, 0.15) is 24.3 Å². The van der Waals surface area contributed by atoms with Crippen LogP contribution in [0.5, 0.6) is 0 Å². The highest BCUT2D eigenvalue weighted by atomic mass is 32.1. The Hall–Kier alpha value is -2.20. The zero-order chi connectivity index (χ0) is 18.3. The molecule has 0 saturated heterocycles. The number of nitriles is 4. The Balaban J connectivity index is 0.000000240. The monoisotopic (exact) mass is 384 g/mol. The fourth-order valence-corrected chi connectivity index (χ4v) is 2.30. The SMILES string of the molecule is N#Cc1cc(S)c(S)cc1C#N.N#Cc1cc(S)c(S)cc1C#N. The maximum absolute atomic E-state index is 8.60. The molecule has 0 radical (unpaired) electrons. The van der Waals surface area contributed by atoms with Gasteiger partial charge in [-0.1, -0.05) is 0 Å². The fraction of sp³-hybridized carbons (Fsp3) is 0. The van der Waals surface area contributed by atoms with Crippen molar-refractivity contribution in [3.8, 4) is 24.3 Å². The van der Waals surface area contributed by atoms with Crippen molar-refractivity contribution in [2.75, 3.05) is 0 Å². The first kappa shape index (κ1) is 19.8. The smallest absolute Gasteiger partial charge is 0.101 e. The molecule has 0 bridgehead atoms. The largest absolute Gasteiger partial charge is 0.192 e. The van der Waals surface area contributed by atoms with Crippen LogP contribution in [-0.2, 0) is 0 Å². The summed E-state index contributed by atoms with van der Waals surface area (Å²) in [6, 6.07) is 13.8. The van der Waals surface area contributed by atoms with Gasteiger partial charge in [-0.3, -0.25) is 0 Å². The molecular formula is C16H8N4S4. The first-order valence-corrected chi connectivity index (χ1v) is 7.89. The van der Waals surface area contributed by atoms with E-state index in [-0.39, 0.29) is 0 Å². The van der Waals surface area contributed by atoms with Crippen LogP contribution >= 0.6 is 50.5 Å². The van der Waals surface area contributed by atoms with E-state index in [2.05, 4.69) is 50.5 Å². The van der Waals surface area contributed by atoms with Crippen LogP contribution in [0.1, 0.15) is 22.3 Å². The van der Waals surface area contributed by atoms with Gasteiger partial charge in [-0.2, -0.15) is 21.0 Å². The molecule has 0 aliphatic rings. The number of benzene rings is 2. The molecule has 24 heavy (non-hydrogen) atoms. The van der Waals surface area contributed by atoms with Crippen LogP contribution in [0.3, 0.4) is 0 Å². The number of thiol groups is 4. The molecular weight excluding hydrogens is 376 g/mol. The van der Waals surface area contributed by atoms with Gasteiger partial charge < -0.3 is 0 Å². The Bertz CT molecular complexity index is 799. The molecule has 0 saturated carbocycles. The summed E-state index contributed by atoms with van der Waals surface area (Å²) in [6.45, 7) is 0. The van der Waals surface area contributed by atoms with E-state index in [1.54, 1.807) is 0 Å². The zero-order valence-electron chi connectivity index (χ0n) is 11.9. The minimum atomic E-state index is 0.334. The van der Waals surface area contributed by atoms with Crippen molar-refractivity contribution >= 4 is 50.5 Å². The van der Waals surface area contributed by atoms with Crippen LogP contribution in [0.15, 0.2) is 43.8 Å². The van der Waals surface area contributed by atoms with E-state index in [4.69, 9.17) is 21.0 Å². The van der Waals surface area contributed by atoms with Crippen LogP contribution in [-0.4, -0.2) is 0 Å². The lowest BCUT2D eigenvalue weighted by atomic mass is 10.1. The molecule has 0 fully saturated rings. The van der Waals surface area contributed by atoms with Crippen LogP contribution in [0.25, 0.3) is 0 Å². The van der Waals surface area contributed by atoms with Crippen molar-refractivity contribution in [1.82, 2.24) is 0 Å². The topological polar surface area (TPSA) is 95.2 Å². The number of hydrogen-bond acceptors (Lipinski definition) is 8. The normalized spacial score (nSPS) is 8.67. The molecule has 0 aromatic heterocycles. The van der Waals surface area contributed by atoms with E-state index in [1.165, 1.54) is 24.3 Å². The van der Waals surface area contributed by atoms with Gasteiger partial charge in [-0.25, -0.2) is 0 Å². The second kappa shape index (κ2) is 9.18. The third kappa shape index (κ3) is 4.90. The zero-order valence-corrected chi connectivity index (χ0v) is 15.5. The summed E-state index contributed by atoms with van der Waals surface area (Å²) in [5, 5.41) is 34.4. The quantitative estimate of drug-likeness (QED) is 0.516. The maximum Gasteiger partial charge on any atom is 0.101 e. The van der Waals surface area contributed by atoms with Gasteiger partial charge in [0.2, 0.25) is 0 Å². The minimum absolute atomic E-state index is 0.334. The van der Waals surface area contributed by atoms with Gasteiger partial charge in [0.05, 0.1) is 22.3 Å². The van der Waals surface area contributed by atoms with Crippen LogP contribution in [0.4, 0.5) is 0 Å². The van der Waals surface area contributed by atoms with Gasteiger partial charge in [-0.05, 0) is 24.3 Å². The predicted molar refractivity (Wildman–Crippen MR) is 101 cm³/mol. The van der Waals surface area contributed by atoms with Crippen molar-refractivity contribution in [2.24, 2.45) is 0 Å². The number of nitrogens with zero attached hydrogens (tertiary/aromatic N) is 4. The summed E-state index contributed by atoms with van der Waals surface area (Å²) in [4.78, 5) is 2.42.